The number of amides is 3. The summed E-state index contributed by atoms with van der Waals surface area (Å²) in [6.45, 7) is 6.89. The summed E-state index contributed by atoms with van der Waals surface area (Å²) in [6.07, 6.45) is 1.81. The minimum Gasteiger partial charge on any atom is -0.390 e. The number of likely N-dealkylation sites (tertiary alicyclic amines) is 1. The SMILES string of the molecule is CC(C)(N)C(=O)N1CCN(C(=O)Nc2ccn(-c3ccc(CN4CC[C@H](N)[C@@H](O)C4)cc3)c(=O)n2)CC1. The molecule has 200 valence electrons. The lowest BCUT2D eigenvalue weighted by atomic mass is 10.0. The van der Waals surface area contributed by atoms with Crippen LogP contribution < -0.4 is 22.5 Å². The summed E-state index contributed by atoms with van der Waals surface area (Å²) in [5, 5.41) is 12.7. The number of carbonyl (C=O) groups is 2. The van der Waals surface area contributed by atoms with Gasteiger partial charge in [-0.1, -0.05) is 12.1 Å². The highest BCUT2D eigenvalue weighted by atomic mass is 16.3. The van der Waals surface area contributed by atoms with Crippen LogP contribution in [-0.4, -0.2) is 98.2 Å². The molecule has 2 aromatic rings. The third-order valence-corrected chi connectivity index (χ3v) is 6.78. The smallest absolute Gasteiger partial charge is 0.354 e. The maximum atomic E-state index is 12.7. The fraction of sp³-hybridized carbons (Fsp3) is 0.520. The zero-order chi connectivity index (χ0) is 26.7. The Morgan fingerprint density at radius 2 is 1.73 bits per heavy atom. The molecule has 0 radical (unpaired) electrons. The molecule has 2 aliphatic rings. The Bertz CT molecular complexity index is 1170. The molecular formula is C25H36N8O4. The van der Waals surface area contributed by atoms with Crippen molar-refractivity contribution in [3.8, 4) is 5.69 Å². The van der Waals surface area contributed by atoms with Crippen LogP contribution in [-0.2, 0) is 11.3 Å². The van der Waals surface area contributed by atoms with Crippen molar-refractivity contribution in [3.05, 3.63) is 52.6 Å². The van der Waals surface area contributed by atoms with Gasteiger partial charge in [0.2, 0.25) is 5.91 Å². The van der Waals surface area contributed by atoms with E-state index in [4.69, 9.17) is 11.5 Å². The molecule has 0 unspecified atom stereocenters. The van der Waals surface area contributed by atoms with Gasteiger partial charge < -0.3 is 26.4 Å². The normalized spacial score (nSPS) is 21.1. The lowest BCUT2D eigenvalue weighted by molar-refractivity contribution is -0.137. The highest BCUT2D eigenvalue weighted by Gasteiger charge is 2.31. The predicted octanol–water partition coefficient (Wildman–Crippen LogP) is -0.460. The summed E-state index contributed by atoms with van der Waals surface area (Å²) in [4.78, 5) is 47.0. The van der Waals surface area contributed by atoms with Gasteiger partial charge in [-0.25, -0.2) is 9.59 Å². The third-order valence-electron chi connectivity index (χ3n) is 6.78. The quantitative estimate of drug-likeness (QED) is 0.418. The number of rotatable bonds is 5. The van der Waals surface area contributed by atoms with Crippen LogP contribution in [0.3, 0.4) is 0 Å². The zero-order valence-electron chi connectivity index (χ0n) is 21.3. The van der Waals surface area contributed by atoms with Crippen molar-refractivity contribution in [1.29, 1.82) is 0 Å². The van der Waals surface area contributed by atoms with Gasteiger partial charge in [0.1, 0.15) is 5.82 Å². The molecule has 2 fully saturated rings. The summed E-state index contributed by atoms with van der Waals surface area (Å²) in [7, 11) is 0. The number of aromatic nitrogens is 2. The number of nitrogens with one attached hydrogen (secondary N) is 1. The minimum absolute atomic E-state index is 0.152. The highest BCUT2D eigenvalue weighted by Crippen LogP contribution is 2.16. The van der Waals surface area contributed by atoms with Gasteiger partial charge in [0.05, 0.1) is 17.3 Å². The van der Waals surface area contributed by atoms with E-state index < -0.39 is 17.3 Å². The molecule has 6 N–H and O–H groups in total. The van der Waals surface area contributed by atoms with Crippen LogP contribution in [0.4, 0.5) is 10.6 Å². The average Bonchev–Trinajstić information content (AvgIpc) is 2.86. The molecule has 0 bridgehead atoms. The molecular weight excluding hydrogens is 476 g/mol. The summed E-state index contributed by atoms with van der Waals surface area (Å²) >= 11 is 0. The zero-order valence-corrected chi connectivity index (χ0v) is 21.3. The largest absolute Gasteiger partial charge is 0.390 e. The standard InChI is InChI=1S/C25H36N8O4/c1-25(2,27)22(35)31-11-13-32(14-12-31)23(36)28-21-8-10-33(24(37)29-21)18-5-3-17(4-6-18)15-30-9-7-19(26)20(34)16-30/h3-6,8,10,19-20,34H,7,9,11-16,26-27H2,1-2H3,(H,28,29,36,37)/t19-,20-/m0/s1. The first-order valence-corrected chi connectivity index (χ1v) is 12.5. The molecule has 12 nitrogen and oxygen atoms in total. The lowest BCUT2D eigenvalue weighted by Crippen LogP contribution is -2.58. The highest BCUT2D eigenvalue weighted by molar-refractivity contribution is 5.89. The Hall–Kier alpha value is -3.32. The Labute approximate surface area is 215 Å². The molecule has 2 atom stereocenters. The number of hydrogen-bond acceptors (Lipinski definition) is 8. The number of aliphatic hydroxyl groups excluding tert-OH is 1. The number of carbonyl (C=O) groups excluding carboxylic acids is 2. The molecule has 2 aliphatic heterocycles. The third kappa shape index (κ3) is 6.52. The number of piperidine rings is 1. The first-order valence-electron chi connectivity index (χ1n) is 12.5. The van der Waals surface area contributed by atoms with Crippen LogP contribution in [0.25, 0.3) is 5.69 Å². The molecule has 3 amide bonds. The second-order valence-electron chi connectivity index (χ2n) is 10.3. The summed E-state index contributed by atoms with van der Waals surface area (Å²) in [6, 6.07) is 8.58. The topological polar surface area (TPSA) is 163 Å². The molecule has 1 aromatic carbocycles. The van der Waals surface area contributed by atoms with Crippen molar-refractivity contribution in [2.24, 2.45) is 11.5 Å². The Balaban J connectivity index is 1.32. The molecule has 3 heterocycles. The van der Waals surface area contributed by atoms with Crippen LogP contribution >= 0.6 is 0 Å². The number of nitrogens with zero attached hydrogens (tertiary/aromatic N) is 5. The van der Waals surface area contributed by atoms with Gasteiger partial charge in [0.25, 0.3) is 0 Å². The molecule has 12 heteroatoms. The molecule has 4 rings (SSSR count). The first-order chi connectivity index (χ1) is 17.5. The van der Waals surface area contributed by atoms with Crippen LogP contribution in [0.5, 0.6) is 0 Å². The van der Waals surface area contributed by atoms with E-state index in [2.05, 4.69) is 15.2 Å². The fourth-order valence-electron chi connectivity index (χ4n) is 4.56. The molecule has 1 aromatic heterocycles. The van der Waals surface area contributed by atoms with Gasteiger partial charge in [-0.3, -0.25) is 19.6 Å². The lowest BCUT2D eigenvalue weighted by Gasteiger charge is -2.37. The van der Waals surface area contributed by atoms with E-state index >= 15 is 0 Å². The van der Waals surface area contributed by atoms with Crippen molar-refractivity contribution in [3.63, 3.8) is 0 Å². The number of benzene rings is 1. The van der Waals surface area contributed by atoms with Gasteiger partial charge in [0.15, 0.2) is 0 Å². The van der Waals surface area contributed by atoms with Crippen molar-refractivity contribution < 1.29 is 14.7 Å². The number of aliphatic hydroxyl groups is 1. The van der Waals surface area contributed by atoms with Gasteiger partial charge in [-0.2, -0.15) is 4.98 Å². The number of urea groups is 1. The van der Waals surface area contributed by atoms with E-state index in [9.17, 15) is 19.5 Å². The van der Waals surface area contributed by atoms with Crippen molar-refractivity contribution in [2.75, 3.05) is 44.6 Å². The Kier molecular flexibility index (Phi) is 7.93. The summed E-state index contributed by atoms with van der Waals surface area (Å²) < 4.78 is 1.40. The van der Waals surface area contributed by atoms with E-state index in [1.165, 1.54) is 4.57 Å². The number of nitrogens with two attached hydrogens (primary N) is 2. The van der Waals surface area contributed by atoms with E-state index in [-0.39, 0.29) is 23.8 Å². The first kappa shape index (κ1) is 26.7. The van der Waals surface area contributed by atoms with Crippen LogP contribution in [0.1, 0.15) is 25.8 Å². The summed E-state index contributed by atoms with van der Waals surface area (Å²) in [5.41, 5.74) is 12.0. The maximum absolute atomic E-state index is 12.7. The van der Waals surface area contributed by atoms with E-state index in [0.29, 0.717) is 45.0 Å². The van der Waals surface area contributed by atoms with E-state index in [0.717, 1.165) is 18.5 Å². The molecule has 2 saturated heterocycles. The number of hydrogen-bond donors (Lipinski definition) is 4. The van der Waals surface area contributed by atoms with Crippen LogP contribution in [0.2, 0.25) is 0 Å². The van der Waals surface area contributed by atoms with Crippen molar-refractivity contribution in [2.45, 2.75) is 44.5 Å². The Morgan fingerprint density at radius 1 is 1.08 bits per heavy atom. The van der Waals surface area contributed by atoms with Gasteiger partial charge in [-0.15, -0.1) is 0 Å². The number of β-amino-alcohol motifs (C(OH)–C–C–N with tert-alkyl or cyclic N) is 1. The summed E-state index contributed by atoms with van der Waals surface area (Å²) in [5.74, 6) is 0.00669. The fourth-order valence-corrected chi connectivity index (χ4v) is 4.56. The Morgan fingerprint density at radius 3 is 2.32 bits per heavy atom. The average molecular weight is 513 g/mol. The minimum atomic E-state index is -0.954. The van der Waals surface area contributed by atoms with Gasteiger partial charge >= 0.3 is 11.7 Å². The monoisotopic (exact) mass is 512 g/mol. The van der Waals surface area contributed by atoms with Crippen LogP contribution in [0, 0.1) is 0 Å². The van der Waals surface area contributed by atoms with Crippen molar-refractivity contribution in [1.82, 2.24) is 24.3 Å². The van der Waals surface area contributed by atoms with Gasteiger partial charge in [-0.05, 0) is 44.0 Å². The van der Waals surface area contributed by atoms with Gasteiger partial charge in [0, 0.05) is 58.1 Å². The number of anilines is 1. The molecule has 0 aliphatic carbocycles. The predicted molar refractivity (Wildman–Crippen MR) is 139 cm³/mol. The molecule has 37 heavy (non-hydrogen) atoms. The second-order valence-corrected chi connectivity index (χ2v) is 10.3. The number of piperazine rings is 1. The maximum Gasteiger partial charge on any atom is 0.354 e. The molecule has 0 spiro atoms. The second kappa shape index (κ2) is 11.0. The van der Waals surface area contributed by atoms with Crippen molar-refractivity contribution >= 4 is 17.8 Å². The van der Waals surface area contributed by atoms with Crippen LogP contribution in [0.15, 0.2) is 41.3 Å². The molecule has 0 saturated carbocycles. The van der Waals surface area contributed by atoms with E-state index in [1.807, 2.05) is 24.3 Å². The van der Waals surface area contributed by atoms with E-state index in [1.54, 1.807) is 35.9 Å².